The van der Waals surface area contributed by atoms with Crippen LogP contribution in [0.4, 0.5) is 5.82 Å². The van der Waals surface area contributed by atoms with Crippen LogP contribution in [0.15, 0.2) is 12.4 Å². The van der Waals surface area contributed by atoms with E-state index in [1.54, 1.807) is 4.52 Å². The second kappa shape index (κ2) is 5.31. The molecule has 2 unspecified atom stereocenters. The molecule has 7 heteroatoms. The van der Waals surface area contributed by atoms with Gasteiger partial charge in [0.2, 0.25) is 0 Å². The van der Waals surface area contributed by atoms with Crippen molar-refractivity contribution in [3.8, 4) is 0 Å². The van der Waals surface area contributed by atoms with Crippen molar-refractivity contribution < 1.29 is 9.90 Å². The Labute approximate surface area is 122 Å². The molecule has 1 N–H and O–H groups in total. The van der Waals surface area contributed by atoms with Crippen molar-refractivity contribution in [2.75, 3.05) is 11.4 Å². The molecule has 3 rings (SSSR count). The third kappa shape index (κ3) is 2.43. The lowest BCUT2D eigenvalue weighted by Gasteiger charge is -2.38. The van der Waals surface area contributed by atoms with Crippen LogP contribution in [0.5, 0.6) is 0 Å². The second-order valence-corrected chi connectivity index (χ2v) is 5.57. The number of anilines is 1. The van der Waals surface area contributed by atoms with Crippen molar-refractivity contribution in [1.82, 2.24) is 19.6 Å². The maximum Gasteiger partial charge on any atom is 0.326 e. The number of hydrogen-bond donors (Lipinski definition) is 1. The Balaban J connectivity index is 2.03. The van der Waals surface area contributed by atoms with Gasteiger partial charge in [-0.15, -0.1) is 0 Å². The molecule has 1 fully saturated rings. The molecule has 0 bridgehead atoms. The van der Waals surface area contributed by atoms with Crippen molar-refractivity contribution in [2.24, 2.45) is 5.92 Å². The van der Waals surface area contributed by atoms with E-state index in [0.717, 1.165) is 24.4 Å². The molecule has 0 aromatic carbocycles. The van der Waals surface area contributed by atoms with Gasteiger partial charge in [0, 0.05) is 18.3 Å². The number of fused-ring (bicyclic) bond motifs is 1. The van der Waals surface area contributed by atoms with Crippen LogP contribution >= 0.6 is 0 Å². The van der Waals surface area contributed by atoms with E-state index in [4.69, 9.17) is 0 Å². The van der Waals surface area contributed by atoms with Crippen LogP contribution in [0.2, 0.25) is 0 Å². The summed E-state index contributed by atoms with van der Waals surface area (Å²) in [7, 11) is 0. The van der Waals surface area contributed by atoms with Crippen LogP contribution in [0, 0.1) is 12.8 Å². The molecule has 0 aliphatic carbocycles. The van der Waals surface area contributed by atoms with Gasteiger partial charge in [0.05, 0.1) is 0 Å². The Morgan fingerprint density at radius 1 is 1.52 bits per heavy atom. The van der Waals surface area contributed by atoms with E-state index in [-0.39, 0.29) is 0 Å². The molecule has 7 nitrogen and oxygen atoms in total. The lowest BCUT2D eigenvalue weighted by molar-refractivity contribution is -0.139. The van der Waals surface area contributed by atoms with Crippen molar-refractivity contribution in [1.29, 1.82) is 0 Å². The van der Waals surface area contributed by atoms with E-state index in [1.807, 2.05) is 17.9 Å². The van der Waals surface area contributed by atoms with E-state index < -0.39 is 12.0 Å². The van der Waals surface area contributed by atoms with Gasteiger partial charge in [0.15, 0.2) is 0 Å². The molecule has 2 aromatic heterocycles. The lowest BCUT2D eigenvalue weighted by atomic mass is 9.89. The van der Waals surface area contributed by atoms with Gasteiger partial charge in [0.1, 0.15) is 18.2 Å². The van der Waals surface area contributed by atoms with Gasteiger partial charge in [0.25, 0.3) is 5.78 Å². The highest BCUT2D eigenvalue weighted by atomic mass is 16.4. The summed E-state index contributed by atoms with van der Waals surface area (Å²) in [6.07, 6.45) is 4.13. The minimum Gasteiger partial charge on any atom is -0.480 e. The third-order valence-electron chi connectivity index (χ3n) is 4.23. The van der Waals surface area contributed by atoms with E-state index >= 15 is 0 Å². The average Bonchev–Trinajstić information content (AvgIpc) is 2.93. The van der Waals surface area contributed by atoms with E-state index in [9.17, 15) is 9.90 Å². The number of rotatable bonds is 3. The van der Waals surface area contributed by atoms with Gasteiger partial charge in [-0.2, -0.15) is 14.6 Å². The predicted molar refractivity (Wildman–Crippen MR) is 77.3 cm³/mol. The predicted octanol–water partition coefficient (Wildman–Crippen LogP) is 1.51. The van der Waals surface area contributed by atoms with Gasteiger partial charge in [-0.25, -0.2) is 9.78 Å². The third-order valence-corrected chi connectivity index (χ3v) is 4.23. The molecule has 0 amide bonds. The number of nitrogens with zero attached hydrogens (tertiary/aromatic N) is 5. The number of aryl methyl sites for hydroxylation is 1. The molecule has 112 valence electrons. The van der Waals surface area contributed by atoms with Crippen molar-refractivity contribution >= 4 is 17.6 Å². The van der Waals surface area contributed by atoms with E-state index in [1.165, 1.54) is 6.33 Å². The minimum atomic E-state index is -0.782. The zero-order valence-corrected chi connectivity index (χ0v) is 12.2. The fraction of sp³-hybridized carbons (Fsp3) is 0.571. The molecular weight excluding hydrogens is 270 g/mol. The largest absolute Gasteiger partial charge is 0.480 e. The van der Waals surface area contributed by atoms with Crippen molar-refractivity contribution in [3.63, 3.8) is 0 Å². The normalized spacial score (nSPS) is 22.7. The van der Waals surface area contributed by atoms with Crippen LogP contribution in [-0.4, -0.2) is 43.2 Å². The molecule has 1 saturated heterocycles. The Hall–Kier alpha value is -2.18. The molecule has 0 saturated carbocycles. The SMILES string of the molecule is CCC1CCN(c2cc(C)nc3ncnn23)C(C(=O)O)C1. The topological polar surface area (TPSA) is 83.6 Å². The number of hydrogen-bond acceptors (Lipinski definition) is 5. The molecule has 1 aliphatic heterocycles. The number of carbonyl (C=O) groups is 1. The summed E-state index contributed by atoms with van der Waals surface area (Å²) < 4.78 is 1.62. The van der Waals surface area contributed by atoms with Gasteiger partial charge < -0.3 is 10.0 Å². The van der Waals surface area contributed by atoms with Crippen LogP contribution < -0.4 is 4.90 Å². The van der Waals surface area contributed by atoms with Crippen molar-refractivity contribution in [2.45, 2.75) is 39.2 Å². The number of carboxylic acids is 1. The highest BCUT2D eigenvalue weighted by Gasteiger charge is 2.34. The zero-order valence-electron chi connectivity index (χ0n) is 12.2. The quantitative estimate of drug-likeness (QED) is 0.922. The molecular formula is C14H19N5O2. The first kappa shape index (κ1) is 13.8. The molecule has 0 spiro atoms. The number of aromatic nitrogens is 4. The van der Waals surface area contributed by atoms with E-state index in [0.29, 0.717) is 24.7 Å². The zero-order chi connectivity index (χ0) is 15.0. The Bertz CT molecular complexity index is 668. The van der Waals surface area contributed by atoms with Crippen LogP contribution in [0.1, 0.15) is 31.9 Å². The number of piperidine rings is 1. The fourth-order valence-electron chi connectivity index (χ4n) is 3.03. The smallest absolute Gasteiger partial charge is 0.326 e. The molecule has 2 atom stereocenters. The average molecular weight is 289 g/mol. The Morgan fingerprint density at radius 3 is 3.05 bits per heavy atom. The highest BCUT2D eigenvalue weighted by molar-refractivity contribution is 5.78. The summed E-state index contributed by atoms with van der Waals surface area (Å²) in [6.45, 7) is 4.71. The van der Waals surface area contributed by atoms with Gasteiger partial charge in [-0.3, -0.25) is 0 Å². The molecule has 3 heterocycles. The summed E-state index contributed by atoms with van der Waals surface area (Å²) in [4.78, 5) is 22.0. The summed E-state index contributed by atoms with van der Waals surface area (Å²) in [6, 6.07) is 1.36. The Morgan fingerprint density at radius 2 is 2.33 bits per heavy atom. The molecule has 1 aliphatic rings. The number of carboxylic acid groups (broad SMARTS) is 1. The molecule has 21 heavy (non-hydrogen) atoms. The summed E-state index contributed by atoms with van der Waals surface area (Å²) in [5.74, 6) is 0.955. The highest BCUT2D eigenvalue weighted by Crippen LogP contribution is 2.30. The Kier molecular flexibility index (Phi) is 3.48. The maximum atomic E-state index is 11.7. The summed E-state index contributed by atoms with van der Waals surface area (Å²) in [5.41, 5.74) is 0.812. The lowest BCUT2D eigenvalue weighted by Crippen LogP contribution is -2.48. The summed E-state index contributed by atoms with van der Waals surface area (Å²) in [5, 5.41) is 13.7. The summed E-state index contributed by atoms with van der Waals surface area (Å²) >= 11 is 0. The molecule has 0 radical (unpaired) electrons. The van der Waals surface area contributed by atoms with Gasteiger partial charge in [-0.1, -0.05) is 13.3 Å². The molecule has 2 aromatic rings. The number of aliphatic carboxylic acids is 1. The van der Waals surface area contributed by atoms with Crippen LogP contribution in [0.25, 0.3) is 5.78 Å². The minimum absolute atomic E-state index is 0.469. The van der Waals surface area contributed by atoms with Gasteiger partial charge >= 0.3 is 5.97 Å². The van der Waals surface area contributed by atoms with Crippen LogP contribution in [-0.2, 0) is 4.79 Å². The second-order valence-electron chi connectivity index (χ2n) is 5.57. The van der Waals surface area contributed by atoms with E-state index in [2.05, 4.69) is 22.0 Å². The van der Waals surface area contributed by atoms with Crippen LogP contribution in [0.3, 0.4) is 0 Å². The maximum absolute atomic E-state index is 11.7. The first-order valence-corrected chi connectivity index (χ1v) is 7.27. The first-order chi connectivity index (χ1) is 10.1. The first-order valence-electron chi connectivity index (χ1n) is 7.27. The van der Waals surface area contributed by atoms with Crippen molar-refractivity contribution in [3.05, 3.63) is 18.1 Å². The standard InChI is InChI=1S/C14H19N5O2/c1-3-10-4-5-18(11(7-10)13(20)21)12-6-9(2)17-14-15-8-16-19(12)14/h6,8,10-11H,3-5,7H2,1-2H3,(H,20,21). The van der Waals surface area contributed by atoms with Gasteiger partial charge in [-0.05, 0) is 25.7 Å². The monoisotopic (exact) mass is 289 g/mol. The fourth-order valence-corrected chi connectivity index (χ4v) is 3.03.